The number of hydrogen-bond donors (Lipinski definition) is 1. The minimum atomic E-state index is -1.06. The molecule has 4 heteroatoms. The first kappa shape index (κ1) is 17.0. The van der Waals surface area contributed by atoms with Crippen LogP contribution in [0.1, 0.15) is 27.9 Å². The molecular formula is C23H19NO3. The molecule has 3 aromatic rings. The fraction of sp³-hybridized carbons (Fsp3) is 0.130. The second-order valence-corrected chi connectivity index (χ2v) is 6.60. The Balaban J connectivity index is 1.85. The van der Waals surface area contributed by atoms with Gasteiger partial charge in [-0.1, -0.05) is 60.7 Å². The highest BCUT2D eigenvalue weighted by molar-refractivity contribution is 6.12. The molecule has 1 atom stereocenters. The van der Waals surface area contributed by atoms with Crippen LogP contribution in [0.4, 0.5) is 5.69 Å². The molecule has 1 N–H and O–H groups in total. The molecule has 1 amide bonds. The maximum absolute atomic E-state index is 13.2. The van der Waals surface area contributed by atoms with E-state index in [2.05, 4.69) is 5.32 Å². The monoisotopic (exact) mass is 357 g/mol. The Hall–Kier alpha value is -3.40. The summed E-state index contributed by atoms with van der Waals surface area (Å²) in [6.45, 7) is 0. The summed E-state index contributed by atoms with van der Waals surface area (Å²) in [7, 11) is 1.60. The maximum atomic E-state index is 13.2. The van der Waals surface area contributed by atoms with Crippen molar-refractivity contribution in [1.29, 1.82) is 0 Å². The van der Waals surface area contributed by atoms with Gasteiger partial charge in [0.1, 0.15) is 11.2 Å². The number of amides is 1. The number of ketones is 1. The predicted octanol–water partition coefficient (Wildman–Crippen LogP) is 4.21. The van der Waals surface area contributed by atoms with Gasteiger partial charge in [0, 0.05) is 17.7 Å². The van der Waals surface area contributed by atoms with Gasteiger partial charge in [0.2, 0.25) is 5.91 Å². The molecule has 0 saturated heterocycles. The minimum Gasteiger partial charge on any atom is -0.497 e. The molecule has 0 saturated carbocycles. The van der Waals surface area contributed by atoms with Crippen LogP contribution in [0.25, 0.3) is 0 Å². The largest absolute Gasteiger partial charge is 0.497 e. The number of para-hydroxylation sites is 1. The van der Waals surface area contributed by atoms with E-state index in [9.17, 15) is 9.59 Å². The Morgan fingerprint density at radius 3 is 2.30 bits per heavy atom. The lowest BCUT2D eigenvalue weighted by atomic mass is 9.71. The number of fused-ring (bicyclic) bond motifs is 1. The van der Waals surface area contributed by atoms with Gasteiger partial charge in [-0.3, -0.25) is 9.59 Å². The van der Waals surface area contributed by atoms with E-state index in [-0.39, 0.29) is 18.1 Å². The summed E-state index contributed by atoms with van der Waals surface area (Å²) in [5.74, 6) is 0.450. The first-order chi connectivity index (χ1) is 13.1. The fourth-order valence-electron chi connectivity index (χ4n) is 3.72. The van der Waals surface area contributed by atoms with Crippen molar-refractivity contribution in [3.05, 3.63) is 95.6 Å². The number of carbonyl (C=O) groups excluding carboxylic acids is 2. The zero-order valence-corrected chi connectivity index (χ0v) is 14.9. The van der Waals surface area contributed by atoms with Crippen molar-refractivity contribution in [2.24, 2.45) is 0 Å². The lowest BCUT2D eigenvalue weighted by Gasteiger charge is -2.28. The van der Waals surface area contributed by atoms with Gasteiger partial charge < -0.3 is 10.1 Å². The van der Waals surface area contributed by atoms with E-state index in [1.807, 2.05) is 66.7 Å². The molecule has 0 radical (unpaired) electrons. The van der Waals surface area contributed by atoms with Crippen LogP contribution >= 0.6 is 0 Å². The number of anilines is 1. The van der Waals surface area contributed by atoms with Crippen molar-refractivity contribution in [1.82, 2.24) is 0 Å². The molecule has 4 rings (SSSR count). The molecule has 0 spiro atoms. The Morgan fingerprint density at radius 2 is 1.59 bits per heavy atom. The van der Waals surface area contributed by atoms with Gasteiger partial charge in [-0.05, 0) is 29.3 Å². The third-order valence-corrected chi connectivity index (χ3v) is 5.13. The van der Waals surface area contributed by atoms with Gasteiger partial charge in [0.25, 0.3) is 0 Å². The van der Waals surface area contributed by atoms with E-state index >= 15 is 0 Å². The van der Waals surface area contributed by atoms with E-state index in [0.29, 0.717) is 11.3 Å². The Morgan fingerprint density at radius 1 is 0.926 bits per heavy atom. The molecule has 0 fully saturated rings. The van der Waals surface area contributed by atoms with Gasteiger partial charge in [-0.2, -0.15) is 0 Å². The van der Waals surface area contributed by atoms with Crippen molar-refractivity contribution in [2.45, 2.75) is 11.8 Å². The van der Waals surface area contributed by atoms with Crippen LogP contribution in [0.5, 0.6) is 5.75 Å². The van der Waals surface area contributed by atoms with Gasteiger partial charge in [0.05, 0.1) is 7.11 Å². The fourth-order valence-corrected chi connectivity index (χ4v) is 3.72. The molecule has 27 heavy (non-hydrogen) atoms. The minimum absolute atomic E-state index is 0.0617. The van der Waals surface area contributed by atoms with E-state index < -0.39 is 5.41 Å². The number of benzene rings is 3. The normalized spacial score (nSPS) is 17.9. The van der Waals surface area contributed by atoms with E-state index in [4.69, 9.17) is 4.74 Å². The zero-order valence-electron chi connectivity index (χ0n) is 14.9. The molecule has 0 aliphatic carbocycles. The Bertz CT molecular complexity index is 996. The molecule has 0 bridgehead atoms. The summed E-state index contributed by atoms with van der Waals surface area (Å²) in [6, 6.07) is 24.0. The van der Waals surface area contributed by atoms with Crippen LogP contribution in [0.15, 0.2) is 78.9 Å². The van der Waals surface area contributed by atoms with E-state index in [0.717, 1.165) is 16.8 Å². The van der Waals surface area contributed by atoms with Crippen LogP contribution in [0.2, 0.25) is 0 Å². The standard InChI is InChI=1S/C23H19NO3/c1-27-18-13-11-17(12-14-18)23(15-21(25)16-7-3-2-4-8-16)19-9-5-6-10-20(19)24-22(23)26/h2-14H,15H2,1H3,(H,24,26)/t23-/m1/s1. The van der Waals surface area contributed by atoms with E-state index in [1.54, 1.807) is 19.2 Å². The highest BCUT2D eigenvalue weighted by Crippen LogP contribution is 2.46. The van der Waals surface area contributed by atoms with Crippen LogP contribution in [0.3, 0.4) is 0 Å². The molecule has 134 valence electrons. The average Bonchev–Trinajstić information content (AvgIpc) is 3.01. The van der Waals surface area contributed by atoms with Crippen LogP contribution in [-0.4, -0.2) is 18.8 Å². The summed E-state index contributed by atoms with van der Waals surface area (Å²) >= 11 is 0. The number of hydrogen-bond acceptors (Lipinski definition) is 3. The van der Waals surface area contributed by atoms with Crippen LogP contribution < -0.4 is 10.1 Å². The summed E-state index contributed by atoms with van der Waals surface area (Å²) in [4.78, 5) is 26.2. The lowest BCUT2D eigenvalue weighted by molar-refractivity contribution is -0.119. The maximum Gasteiger partial charge on any atom is 0.240 e. The molecule has 0 unspecified atom stereocenters. The predicted molar refractivity (Wildman–Crippen MR) is 104 cm³/mol. The molecule has 1 heterocycles. The lowest BCUT2D eigenvalue weighted by Crippen LogP contribution is -2.38. The molecular weight excluding hydrogens is 338 g/mol. The number of carbonyl (C=O) groups is 2. The Kier molecular flexibility index (Phi) is 4.24. The molecule has 1 aliphatic rings. The Labute approximate surface area is 157 Å². The number of rotatable bonds is 5. The highest BCUT2D eigenvalue weighted by atomic mass is 16.5. The van der Waals surface area contributed by atoms with Gasteiger partial charge in [-0.15, -0.1) is 0 Å². The van der Waals surface area contributed by atoms with Crippen molar-refractivity contribution in [2.75, 3.05) is 12.4 Å². The number of nitrogens with one attached hydrogen (secondary N) is 1. The summed E-state index contributed by atoms with van der Waals surface area (Å²) < 4.78 is 5.24. The summed E-state index contributed by atoms with van der Waals surface area (Å²) in [5.41, 5.74) is 1.89. The number of methoxy groups -OCH3 is 1. The van der Waals surface area contributed by atoms with Gasteiger partial charge in [0.15, 0.2) is 5.78 Å². The first-order valence-corrected chi connectivity index (χ1v) is 8.79. The summed E-state index contributed by atoms with van der Waals surface area (Å²) in [5, 5.41) is 2.95. The highest BCUT2D eigenvalue weighted by Gasteiger charge is 2.49. The van der Waals surface area contributed by atoms with Crippen molar-refractivity contribution < 1.29 is 14.3 Å². The van der Waals surface area contributed by atoms with Crippen molar-refractivity contribution >= 4 is 17.4 Å². The number of Topliss-reactive ketones (excluding diaryl/α,β-unsaturated/α-hetero) is 1. The van der Waals surface area contributed by atoms with Gasteiger partial charge in [-0.25, -0.2) is 0 Å². The van der Waals surface area contributed by atoms with Gasteiger partial charge >= 0.3 is 0 Å². The topological polar surface area (TPSA) is 55.4 Å². The van der Waals surface area contributed by atoms with Crippen LogP contribution in [-0.2, 0) is 10.2 Å². The second kappa shape index (κ2) is 6.72. The average molecular weight is 357 g/mol. The number of ether oxygens (including phenoxy) is 1. The quantitative estimate of drug-likeness (QED) is 0.696. The molecule has 1 aliphatic heterocycles. The third kappa shape index (κ3) is 2.79. The third-order valence-electron chi connectivity index (χ3n) is 5.13. The first-order valence-electron chi connectivity index (χ1n) is 8.79. The zero-order chi connectivity index (χ0) is 18.9. The SMILES string of the molecule is COc1ccc([C@@]2(CC(=O)c3ccccc3)C(=O)Nc3ccccc32)cc1. The van der Waals surface area contributed by atoms with Crippen molar-refractivity contribution in [3.63, 3.8) is 0 Å². The smallest absolute Gasteiger partial charge is 0.240 e. The second-order valence-electron chi connectivity index (χ2n) is 6.60. The van der Waals surface area contributed by atoms with Crippen LogP contribution in [0, 0.1) is 0 Å². The van der Waals surface area contributed by atoms with Crippen molar-refractivity contribution in [3.8, 4) is 5.75 Å². The summed E-state index contributed by atoms with van der Waals surface area (Å²) in [6.07, 6.45) is 0.0617. The van der Waals surface area contributed by atoms with E-state index in [1.165, 1.54) is 0 Å². The molecule has 0 aromatic heterocycles. The molecule has 4 nitrogen and oxygen atoms in total. The molecule has 3 aromatic carbocycles.